The lowest BCUT2D eigenvalue weighted by Crippen LogP contribution is -2.18. The van der Waals surface area contributed by atoms with Crippen molar-refractivity contribution >= 4 is 28.0 Å². The smallest absolute Gasteiger partial charge is 0.266 e. The van der Waals surface area contributed by atoms with Crippen LogP contribution in [-0.4, -0.2) is 65.0 Å². The fourth-order valence-corrected chi connectivity index (χ4v) is 1.59. The topological polar surface area (TPSA) is 149 Å². The largest absolute Gasteiger partial charge is 0.395 e. The zero-order chi connectivity index (χ0) is 15.0. The number of aliphatic hydroxyl groups excluding tert-OH is 1. The first-order chi connectivity index (χ1) is 9.44. The van der Waals surface area contributed by atoms with Gasteiger partial charge >= 0.3 is 0 Å². The third kappa shape index (κ3) is 6.45. The van der Waals surface area contributed by atoms with Gasteiger partial charge in [0.2, 0.25) is 17.8 Å². The second-order valence-corrected chi connectivity index (χ2v) is 5.27. The summed E-state index contributed by atoms with van der Waals surface area (Å²) in [6.07, 6.45) is 0. The number of rotatable bonds is 9. The Morgan fingerprint density at radius 3 is 1.95 bits per heavy atom. The van der Waals surface area contributed by atoms with Crippen LogP contribution < -0.4 is 16.0 Å². The van der Waals surface area contributed by atoms with Crippen molar-refractivity contribution < 1.29 is 18.1 Å². The molecule has 5 N–H and O–H groups in total. The van der Waals surface area contributed by atoms with E-state index in [0.29, 0.717) is 12.5 Å². The molecule has 20 heavy (non-hydrogen) atoms. The molecule has 0 spiro atoms. The summed E-state index contributed by atoms with van der Waals surface area (Å²) in [4.78, 5) is 12.1. The van der Waals surface area contributed by atoms with Gasteiger partial charge in [-0.2, -0.15) is 23.4 Å². The third-order valence-electron chi connectivity index (χ3n) is 2.01. The van der Waals surface area contributed by atoms with E-state index in [1.807, 2.05) is 6.92 Å². The number of hydrogen-bond acceptors (Lipinski definition) is 9. The quantitative estimate of drug-likeness (QED) is 0.360. The summed E-state index contributed by atoms with van der Waals surface area (Å²) < 4.78 is 29.9. The van der Waals surface area contributed by atoms with Gasteiger partial charge in [0.05, 0.1) is 12.4 Å². The first-order valence-corrected chi connectivity index (χ1v) is 7.59. The van der Waals surface area contributed by atoms with E-state index >= 15 is 0 Å². The average Bonchev–Trinajstić information content (AvgIpc) is 2.35. The van der Waals surface area contributed by atoms with Crippen LogP contribution in [0.3, 0.4) is 0 Å². The molecule has 0 aliphatic heterocycles. The van der Waals surface area contributed by atoms with Crippen molar-refractivity contribution in [2.24, 2.45) is 0 Å². The van der Waals surface area contributed by atoms with Crippen molar-refractivity contribution in [2.75, 3.05) is 47.9 Å². The Bertz CT molecular complexity index is 523. The summed E-state index contributed by atoms with van der Waals surface area (Å²) in [5, 5.41) is 17.1. The summed E-state index contributed by atoms with van der Waals surface area (Å²) in [6.45, 7) is 2.64. The fourth-order valence-electron chi connectivity index (χ4n) is 1.23. The SMILES string of the molecule is CCNc1nc(NCCO)nc(NCCS(=O)(=O)O)n1. The van der Waals surface area contributed by atoms with Crippen LogP contribution in [0.5, 0.6) is 0 Å². The highest BCUT2D eigenvalue weighted by Crippen LogP contribution is 2.08. The molecule has 0 fully saturated rings. The molecule has 0 saturated heterocycles. The lowest BCUT2D eigenvalue weighted by molar-refractivity contribution is 0.311. The Hall–Kier alpha value is -1.72. The molecule has 1 aromatic heterocycles. The van der Waals surface area contributed by atoms with Crippen molar-refractivity contribution in [3.63, 3.8) is 0 Å². The van der Waals surface area contributed by atoms with Gasteiger partial charge in [-0.1, -0.05) is 0 Å². The summed E-state index contributed by atoms with van der Waals surface area (Å²) in [5.41, 5.74) is 0. The Kier molecular flexibility index (Phi) is 6.35. The number of nitrogens with one attached hydrogen (secondary N) is 3. The van der Waals surface area contributed by atoms with E-state index < -0.39 is 15.9 Å². The standard InChI is InChI=1S/C9H18N6O4S/c1-2-10-7-13-8(11-3-5-16)15-9(14-7)12-4-6-20(17,18)19/h16H,2-6H2,1H3,(H,17,18,19)(H3,10,11,12,13,14,15). The first-order valence-electron chi connectivity index (χ1n) is 5.98. The number of aromatic nitrogens is 3. The first kappa shape index (κ1) is 16.3. The lowest BCUT2D eigenvalue weighted by atomic mass is 10.6. The molecule has 10 nitrogen and oxygen atoms in total. The zero-order valence-corrected chi connectivity index (χ0v) is 11.8. The Balaban J connectivity index is 2.74. The Morgan fingerprint density at radius 1 is 1.00 bits per heavy atom. The molecule has 0 atom stereocenters. The van der Waals surface area contributed by atoms with Gasteiger partial charge in [-0.05, 0) is 6.92 Å². The molecule has 1 aromatic rings. The van der Waals surface area contributed by atoms with E-state index in [9.17, 15) is 8.42 Å². The van der Waals surface area contributed by atoms with Gasteiger partial charge in [0.25, 0.3) is 10.1 Å². The molecule has 1 heterocycles. The van der Waals surface area contributed by atoms with Gasteiger partial charge in [0.1, 0.15) is 0 Å². The molecule has 1 rings (SSSR count). The van der Waals surface area contributed by atoms with Crippen LogP contribution in [0.1, 0.15) is 6.92 Å². The number of anilines is 3. The van der Waals surface area contributed by atoms with Gasteiger partial charge in [-0.25, -0.2) is 0 Å². The predicted molar refractivity (Wildman–Crippen MR) is 74.5 cm³/mol. The Morgan fingerprint density at radius 2 is 1.50 bits per heavy atom. The number of nitrogens with zero attached hydrogens (tertiary/aromatic N) is 3. The summed E-state index contributed by atoms with van der Waals surface area (Å²) in [6, 6.07) is 0. The van der Waals surface area contributed by atoms with Crippen molar-refractivity contribution in [1.82, 2.24) is 15.0 Å². The minimum absolute atomic E-state index is 0.0339. The third-order valence-corrected chi connectivity index (χ3v) is 2.73. The lowest BCUT2D eigenvalue weighted by Gasteiger charge is -2.09. The van der Waals surface area contributed by atoms with Crippen LogP contribution in [-0.2, 0) is 10.1 Å². The number of hydrogen-bond donors (Lipinski definition) is 5. The maximum atomic E-state index is 10.6. The normalized spacial score (nSPS) is 11.2. The molecule has 0 aliphatic carbocycles. The van der Waals surface area contributed by atoms with E-state index in [0.717, 1.165) is 0 Å². The van der Waals surface area contributed by atoms with Crippen LogP contribution in [0.25, 0.3) is 0 Å². The molecule has 0 aliphatic rings. The minimum Gasteiger partial charge on any atom is -0.395 e. The van der Waals surface area contributed by atoms with Crippen molar-refractivity contribution in [3.8, 4) is 0 Å². The van der Waals surface area contributed by atoms with Crippen LogP contribution >= 0.6 is 0 Å². The van der Waals surface area contributed by atoms with E-state index in [1.165, 1.54) is 0 Å². The molecular weight excluding hydrogens is 288 g/mol. The molecule has 0 radical (unpaired) electrons. The molecule has 0 unspecified atom stereocenters. The maximum Gasteiger partial charge on any atom is 0.266 e. The van der Waals surface area contributed by atoms with Gasteiger partial charge in [-0.3, -0.25) is 4.55 Å². The molecule has 114 valence electrons. The minimum atomic E-state index is -4.04. The van der Waals surface area contributed by atoms with Gasteiger partial charge < -0.3 is 21.1 Å². The molecule has 0 bridgehead atoms. The maximum absolute atomic E-state index is 10.6. The summed E-state index contributed by atoms with van der Waals surface area (Å²) in [7, 11) is -4.04. The van der Waals surface area contributed by atoms with Crippen molar-refractivity contribution in [3.05, 3.63) is 0 Å². The van der Waals surface area contributed by atoms with Gasteiger partial charge in [-0.15, -0.1) is 0 Å². The second-order valence-electron chi connectivity index (χ2n) is 3.70. The van der Waals surface area contributed by atoms with Gasteiger partial charge in [0, 0.05) is 19.6 Å². The summed E-state index contributed by atoms with van der Waals surface area (Å²) in [5.74, 6) is 0.283. The van der Waals surface area contributed by atoms with Crippen LogP contribution in [0.2, 0.25) is 0 Å². The van der Waals surface area contributed by atoms with Gasteiger partial charge in [0.15, 0.2) is 0 Å². The van der Waals surface area contributed by atoms with E-state index in [-0.39, 0.29) is 31.6 Å². The number of aliphatic hydroxyl groups is 1. The predicted octanol–water partition coefficient (Wildman–Crippen LogP) is -0.993. The van der Waals surface area contributed by atoms with Crippen LogP contribution in [0.15, 0.2) is 0 Å². The molecule has 11 heteroatoms. The van der Waals surface area contributed by atoms with E-state index in [4.69, 9.17) is 9.66 Å². The van der Waals surface area contributed by atoms with Crippen LogP contribution in [0.4, 0.5) is 17.8 Å². The fraction of sp³-hybridized carbons (Fsp3) is 0.667. The molecule has 0 aromatic carbocycles. The highest BCUT2D eigenvalue weighted by Gasteiger charge is 2.08. The monoisotopic (exact) mass is 306 g/mol. The second kappa shape index (κ2) is 7.77. The molecule has 0 saturated carbocycles. The highest BCUT2D eigenvalue weighted by molar-refractivity contribution is 7.85. The Labute approximate surface area is 116 Å². The van der Waals surface area contributed by atoms with E-state index in [1.54, 1.807) is 0 Å². The zero-order valence-electron chi connectivity index (χ0n) is 11.0. The van der Waals surface area contributed by atoms with E-state index in [2.05, 4.69) is 30.9 Å². The summed E-state index contributed by atoms with van der Waals surface area (Å²) >= 11 is 0. The average molecular weight is 306 g/mol. The van der Waals surface area contributed by atoms with Crippen molar-refractivity contribution in [1.29, 1.82) is 0 Å². The van der Waals surface area contributed by atoms with Crippen LogP contribution in [0, 0.1) is 0 Å². The molecular formula is C9H18N6O4S. The highest BCUT2D eigenvalue weighted by atomic mass is 32.2. The molecule has 0 amide bonds. The van der Waals surface area contributed by atoms with Crippen molar-refractivity contribution in [2.45, 2.75) is 6.92 Å².